The molecule has 1 atom stereocenters. The molecular weight excluding hydrogens is 709 g/mol. The zero-order valence-corrected chi connectivity index (χ0v) is 37.3. The van der Waals surface area contributed by atoms with Crippen molar-refractivity contribution in [3.05, 3.63) is 60.8 Å². The highest BCUT2D eigenvalue weighted by Gasteiger charge is 2.19. The van der Waals surface area contributed by atoms with E-state index >= 15 is 0 Å². The van der Waals surface area contributed by atoms with Crippen molar-refractivity contribution in [2.45, 2.75) is 232 Å². The Morgan fingerprint density at radius 3 is 1.25 bits per heavy atom. The average molecular weight is 797 g/mol. The SMILES string of the molecule is CC/C=C\C/C=C\CCCCCCCC(=O)OC(COC(=O)CCCCC/C=C\C=C/CCCC)COC(=O)CCCCCCC/C=C\CCCCCCCCC. The predicted octanol–water partition coefficient (Wildman–Crippen LogP) is 15.3. The van der Waals surface area contributed by atoms with Crippen LogP contribution in [0.25, 0.3) is 0 Å². The summed E-state index contributed by atoms with van der Waals surface area (Å²) in [6, 6.07) is 0. The van der Waals surface area contributed by atoms with Crippen LogP contribution in [0.3, 0.4) is 0 Å². The Morgan fingerprint density at radius 2 is 0.754 bits per heavy atom. The molecule has 0 aliphatic heterocycles. The van der Waals surface area contributed by atoms with Crippen molar-refractivity contribution in [3.63, 3.8) is 0 Å². The topological polar surface area (TPSA) is 78.9 Å². The summed E-state index contributed by atoms with van der Waals surface area (Å²) in [5, 5.41) is 0. The molecule has 0 bridgehead atoms. The first-order chi connectivity index (χ1) is 28.0. The maximum Gasteiger partial charge on any atom is 0.306 e. The summed E-state index contributed by atoms with van der Waals surface area (Å²) in [4.78, 5) is 37.8. The van der Waals surface area contributed by atoms with Gasteiger partial charge >= 0.3 is 17.9 Å². The van der Waals surface area contributed by atoms with Crippen LogP contribution in [0.15, 0.2) is 60.8 Å². The molecule has 0 aromatic carbocycles. The Balaban J connectivity index is 4.41. The van der Waals surface area contributed by atoms with Gasteiger partial charge in [-0.2, -0.15) is 0 Å². The molecular formula is C51H88O6. The number of rotatable bonds is 42. The minimum atomic E-state index is -0.793. The van der Waals surface area contributed by atoms with Crippen LogP contribution in [0, 0.1) is 0 Å². The number of carbonyl (C=O) groups excluding carboxylic acids is 3. The smallest absolute Gasteiger partial charge is 0.306 e. The Kier molecular flexibility index (Phi) is 43.5. The lowest BCUT2D eigenvalue weighted by atomic mass is 10.1. The van der Waals surface area contributed by atoms with Gasteiger partial charge in [0.25, 0.3) is 0 Å². The maximum absolute atomic E-state index is 12.7. The maximum atomic E-state index is 12.7. The standard InChI is InChI=1S/C51H88O6/c1-4-7-10-13-16-19-22-24-25-26-27-30-32-35-38-41-44-50(53)56-47-48(46-55-49(52)43-40-37-34-31-28-21-18-15-12-9-6-3)57-51(54)45-42-39-36-33-29-23-20-17-14-11-8-5-2/h8,11,15,17-18,20-21,25-26,28,48H,4-7,9-10,12-14,16,19,22-24,27,29-47H2,1-3H3/b11-8-,18-15-,20-17-,26-25-,28-21-. The van der Waals surface area contributed by atoms with E-state index in [-0.39, 0.29) is 31.1 Å². The first kappa shape index (κ1) is 54.1. The highest BCUT2D eigenvalue weighted by molar-refractivity contribution is 5.71. The molecule has 0 rings (SSSR count). The number of carbonyl (C=O) groups is 3. The predicted molar refractivity (Wildman–Crippen MR) is 242 cm³/mol. The van der Waals surface area contributed by atoms with Gasteiger partial charge in [0.1, 0.15) is 13.2 Å². The van der Waals surface area contributed by atoms with E-state index in [2.05, 4.69) is 81.5 Å². The second-order valence-electron chi connectivity index (χ2n) is 15.7. The highest BCUT2D eigenvalue weighted by atomic mass is 16.6. The van der Waals surface area contributed by atoms with Crippen molar-refractivity contribution in [3.8, 4) is 0 Å². The molecule has 328 valence electrons. The van der Waals surface area contributed by atoms with Crippen LogP contribution in [0.4, 0.5) is 0 Å². The normalized spacial score (nSPS) is 12.5. The summed E-state index contributed by atoms with van der Waals surface area (Å²) in [7, 11) is 0. The molecule has 0 fully saturated rings. The van der Waals surface area contributed by atoms with E-state index in [1.54, 1.807) is 0 Å². The van der Waals surface area contributed by atoms with Gasteiger partial charge in [-0.25, -0.2) is 0 Å². The molecule has 0 radical (unpaired) electrons. The number of unbranched alkanes of at least 4 members (excludes halogenated alkanes) is 22. The van der Waals surface area contributed by atoms with Crippen molar-refractivity contribution in [2.24, 2.45) is 0 Å². The van der Waals surface area contributed by atoms with Crippen molar-refractivity contribution in [1.82, 2.24) is 0 Å². The van der Waals surface area contributed by atoms with Crippen LogP contribution in [0.5, 0.6) is 0 Å². The van der Waals surface area contributed by atoms with Crippen LogP contribution in [0.1, 0.15) is 226 Å². The molecule has 6 nitrogen and oxygen atoms in total. The van der Waals surface area contributed by atoms with Gasteiger partial charge < -0.3 is 14.2 Å². The van der Waals surface area contributed by atoms with E-state index < -0.39 is 6.10 Å². The number of hydrogen-bond acceptors (Lipinski definition) is 6. The van der Waals surface area contributed by atoms with E-state index in [4.69, 9.17) is 14.2 Å². The molecule has 0 saturated carbocycles. The van der Waals surface area contributed by atoms with Gasteiger partial charge in [-0.15, -0.1) is 0 Å². The van der Waals surface area contributed by atoms with Crippen molar-refractivity contribution < 1.29 is 28.6 Å². The van der Waals surface area contributed by atoms with Gasteiger partial charge in [-0.3, -0.25) is 14.4 Å². The molecule has 1 unspecified atom stereocenters. The lowest BCUT2D eigenvalue weighted by molar-refractivity contribution is -0.167. The number of hydrogen-bond donors (Lipinski definition) is 0. The van der Waals surface area contributed by atoms with Gasteiger partial charge in [0.15, 0.2) is 6.10 Å². The minimum absolute atomic E-state index is 0.0932. The van der Waals surface area contributed by atoms with Crippen LogP contribution < -0.4 is 0 Å². The lowest BCUT2D eigenvalue weighted by Crippen LogP contribution is -2.30. The molecule has 0 N–H and O–H groups in total. The molecule has 0 amide bonds. The fourth-order valence-electron chi connectivity index (χ4n) is 6.39. The van der Waals surface area contributed by atoms with Gasteiger partial charge in [0.2, 0.25) is 0 Å². The third-order valence-corrected chi connectivity index (χ3v) is 10.0. The van der Waals surface area contributed by atoms with E-state index in [0.29, 0.717) is 19.3 Å². The quantitative estimate of drug-likeness (QED) is 0.0201. The average Bonchev–Trinajstić information content (AvgIpc) is 3.21. The first-order valence-electron chi connectivity index (χ1n) is 23.8. The van der Waals surface area contributed by atoms with Crippen LogP contribution in [-0.4, -0.2) is 37.2 Å². The summed E-state index contributed by atoms with van der Waals surface area (Å²) in [6.45, 7) is 6.42. The number of allylic oxidation sites excluding steroid dienone is 10. The monoisotopic (exact) mass is 797 g/mol. The minimum Gasteiger partial charge on any atom is -0.462 e. The second-order valence-corrected chi connectivity index (χ2v) is 15.7. The molecule has 57 heavy (non-hydrogen) atoms. The molecule has 0 spiro atoms. The van der Waals surface area contributed by atoms with Gasteiger partial charge in [0, 0.05) is 19.3 Å². The summed E-state index contributed by atoms with van der Waals surface area (Å²) >= 11 is 0. The molecule has 0 aromatic heterocycles. The van der Waals surface area contributed by atoms with E-state index in [1.165, 1.54) is 77.0 Å². The Bertz CT molecular complexity index is 1050. The van der Waals surface area contributed by atoms with Gasteiger partial charge in [-0.05, 0) is 89.9 Å². The first-order valence-corrected chi connectivity index (χ1v) is 23.8. The lowest BCUT2D eigenvalue weighted by Gasteiger charge is -2.18. The number of ether oxygens (including phenoxy) is 3. The zero-order chi connectivity index (χ0) is 41.5. The molecule has 0 aromatic rings. The highest BCUT2D eigenvalue weighted by Crippen LogP contribution is 2.13. The number of esters is 3. The van der Waals surface area contributed by atoms with Crippen LogP contribution in [0.2, 0.25) is 0 Å². The van der Waals surface area contributed by atoms with E-state index in [9.17, 15) is 14.4 Å². The third-order valence-electron chi connectivity index (χ3n) is 10.0. The summed E-state index contributed by atoms with van der Waals surface area (Å²) < 4.78 is 16.7. The van der Waals surface area contributed by atoms with Crippen molar-refractivity contribution in [2.75, 3.05) is 13.2 Å². The van der Waals surface area contributed by atoms with Crippen LogP contribution >= 0.6 is 0 Å². The second kappa shape index (κ2) is 45.8. The Labute approximate surface area is 351 Å². The Morgan fingerprint density at radius 1 is 0.386 bits per heavy atom. The summed E-state index contributed by atoms with van der Waals surface area (Å²) in [5.74, 6) is -0.947. The molecule has 6 heteroatoms. The largest absolute Gasteiger partial charge is 0.462 e. The van der Waals surface area contributed by atoms with E-state index in [1.807, 2.05) is 0 Å². The van der Waals surface area contributed by atoms with Gasteiger partial charge in [0.05, 0.1) is 0 Å². The molecule has 0 aliphatic carbocycles. The van der Waals surface area contributed by atoms with E-state index in [0.717, 1.165) is 109 Å². The molecule has 0 saturated heterocycles. The fraction of sp³-hybridized carbons (Fsp3) is 0.745. The fourth-order valence-corrected chi connectivity index (χ4v) is 6.39. The van der Waals surface area contributed by atoms with Crippen molar-refractivity contribution in [1.29, 1.82) is 0 Å². The van der Waals surface area contributed by atoms with Gasteiger partial charge in [-0.1, -0.05) is 178 Å². The Hall–Kier alpha value is -2.89. The summed E-state index contributed by atoms with van der Waals surface area (Å²) in [5.41, 5.74) is 0. The third kappa shape index (κ3) is 44.1. The molecule has 0 aliphatic rings. The zero-order valence-electron chi connectivity index (χ0n) is 37.3. The summed E-state index contributed by atoms with van der Waals surface area (Å²) in [6.07, 6.45) is 54.9. The van der Waals surface area contributed by atoms with Crippen LogP contribution in [-0.2, 0) is 28.6 Å². The van der Waals surface area contributed by atoms with Crippen molar-refractivity contribution >= 4 is 17.9 Å². The molecule has 0 heterocycles.